The van der Waals surface area contributed by atoms with Crippen molar-refractivity contribution in [1.29, 1.82) is 0 Å². The number of halogens is 1. The highest BCUT2D eigenvalue weighted by molar-refractivity contribution is 5.93. The van der Waals surface area contributed by atoms with E-state index in [0.29, 0.717) is 6.54 Å². The van der Waals surface area contributed by atoms with E-state index < -0.39 is 0 Å². The van der Waals surface area contributed by atoms with E-state index in [-0.39, 0.29) is 42.1 Å². The fourth-order valence-electron chi connectivity index (χ4n) is 3.47. The highest BCUT2D eigenvalue weighted by Crippen LogP contribution is 2.27. The van der Waals surface area contributed by atoms with Crippen molar-refractivity contribution in [3.63, 3.8) is 0 Å². The van der Waals surface area contributed by atoms with Crippen molar-refractivity contribution in [2.75, 3.05) is 5.32 Å². The van der Waals surface area contributed by atoms with Gasteiger partial charge in [-0.3, -0.25) is 9.59 Å². The van der Waals surface area contributed by atoms with Gasteiger partial charge in [0.2, 0.25) is 11.8 Å². The number of carbonyl (C=O) groups is 2. The van der Waals surface area contributed by atoms with E-state index in [1.54, 1.807) is 0 Å². The van der Waals surface area contributed by atoms with Gasteiger partial charge in [0.15, 0.2) is 0 Å². The number of hydrogen-bond donors (Lipinski definition) is 3. The second-order valence-electron chi connectivity index (χ2n) is 7.16. The molecule has 2 aliphatic carbocycles. The summed E-state index contributed by atoms with van der Waals surface area (Å²) in [4.78, 5) is 24.3. The molecule has 2 amide bonds. The van der Waals surface area contributed by atoms with Crippen molar-refractivity contribution in [3.05, 3.63) is 29.8 Å². The zero-order valence-electron chi connectivity index (χ0n) is 14.5. The standard InChI is InChI=1S/C19H27N3O2.ClH/c20-16-8-3-7-15(11-16)18(23)21-12-13-4-1-9-17(10-13)22-19(24)14-5-2-6-14;/h1,4,9-10,14-16H,2-3,5-8,11-12,20H2,(H,21,23)(H,22,24);1H. The number of rotatable bonds is 5. The van der Waals surface area contributed by atoms with Gasteiger partial charge < -0.3 is 16.4 Å². The highest BCUT2D eigenvalue weighted by atomic mass is 35.5. The second-order valence-corrected chi connectivity index (χ2v) is 7.16. The Kier molecular flexibility index (Phi) is 7.26. The predicted octanol–water partition coefficient (Wildman–Crippen LogP) is 2.98. The molecule has 25 heavy (non-hydrogen) atoms. The average Bonchev–Trinajstić information content (AvgIpc) is 2.51. The quantitative estimate of drug-likeness (QED) is 0.749. The minimum Gasteiger partial charge on any atom is -0.352 e. The fourth-order valence-corrected chi connectivity index (χ4v) is 3.47. The number of anilines is 1. The van der Waals surface area contributed by atoms with Gasteiger partial charge in [-0.2, -0.15) is 0 Å². The minimum absolute atomic E-state index is 0. The monoisotopic (exact) mass is 365 g/mol. The lowest BCUT2D eigenvalue weighted by Gasteiger charge is -2.25. The summed E-state index contributed by atoms with van der Waals surface area (Å²) in [7, 11) is 0. The molecule has 5 nitrogen and oxygen atoms in total. The van der Waals surface area contributed by atoms with E-state index in [2.05, 4.69) is 10.6 Å². The maximum atomic E-state index is 12.3. The van der Waals surface area contributed by atoms with Crippen LogP contribution in [-0.4, -0.2) is 17.9 Å². The first kappa shape index (κ1) is 19.7. The summed E-state index contributed by atoms with van der Waals surface area (Å²) in [5.41, 5.74) is 7.76. The molecule has 0 bridgehead atoms. The first-order valence-corrected chi connectivity index (χ1v) is 9.05. The van der Waals surface area contributed by atoms with Gasteiger partial charge in [0.25, 0.3) is 0 Å². The van der Waals surface area contributed by atoms with Crippen LogP contribution in [0.1, 0.15) is 50.5 Å². The lowest BCUT2D eigenvalue weighted by atomic mass is 9.85. The molecule has 3 rings (SSSR count). The molecule has 0 heterocycles. The maximum absolute atomic E-state index is 12.3. The maximum Gasteiger partial charge on any atom is 0.227 e. The molecular weight excluding hydrogens is 338 g/mol. The molecule has 2 aliphatic rings. The molecule has 2 atom stereocenters. The third-order valence-corrected chi connectivity index (χ3v) is 5.22. The lowest BCUT2D eigenvalue weighted by molar-refractivity contribution is -0.126. The van der Waals surface area contributed by atoms with Gasteiger partial charge in [-0.05, 0) is 49.8 Å². The molecule has 4 N–H and O–H groups in total. The van der Waals surface area contributed by atoms with Crippen molar-refractivity contribution in [1.82, 2.24) is 5.32 Å². The van der Waals surface area contributed by atoms with E-state index in [1.807, 2.05) is 24.3 Å². The van der Waals surface area contributed by atoms with Crippen LogP contribution in [0.25, 0.3) is 0 Å². The van der Waals surface area contributed by atoms with Gasteiger partial charge in [0, 0.05) is 30.1 Å². The Morgan fingerprint density at radius 2 is 1.76 bits per heavy atom. The van der Waals surface area contributed by atoms with Crippen molar-refractivity contribution in [3.8, 4) is 0 Å². The van der Waals surface area contributed by atoms with Gasteiger partial charge in [0.1, 0.15) is 0 Å². The predicted molar refractivity (Wildman–Crippen MR) is 101 cm³/mol. The van der Waals surface area contributed by atoms with Crippen molar-refractivity contribution in [2.24, 2.45) is 17.6 Å². The molecule has 138 valence electrons. The van der Waals surface area contributed by atoms with E-state index >= 15 is 0 Å². The molecule has 2 unspecified atom stereocenters. The van der Waals surface area contributed by atoms with Gasteiger partial charge in [-0.1, -0.05) is 25.0 Å². The van der Waals surface area contributed by atoms with E-state index in [1.165, 1.54) is 0 Å². The lowest BCUT2D eigenvalue weighted by Crippen LogP contribution is -2.37. The Balaban J connectivity index is 0.00000225. The Bertz CT molecular complexity index is 604. The molecule has 0 aliphatic heterocycles. The molecule has 0 saturated heterocycles. The van der Waals surface area contributed by atoms with Crippen LogP contribution in [0.4, 0.5) is 5.69 Å². The number of carbonyl (C=O) groups excluding carboxylic acids is 2. The summed E-state index contributed by atoms with van der Waals surface area (Å²) in [6, 6.07) is 7.85. The Morgan fingerprint density at radius 1 is 1.04 bits per heavy atom. The third-order valence-electron chi connectivity index (χ3n) is 5.22. The van der Waals surface area contributed by atoms with Gasteiger partial charge in [-0.15, -0.1) is 12.4 Å². The Hall–Kier alpha value is -1.59. The van der Waals surface area contributed by atoms with Crippen molar-refractivity contribution >= 4 is 29.9 Å². The number of benzene rings is 1. The SMILES string of the molecule is Cl.NC1CCCC(C(=O)NCc2cccc(NC(=O)C3CCC3)c2)C1. The van der Waals surface area contributed by atoms with Crippen LogP contribution in [0, 0.1) is 11.8 Å². The van der Waals surface area contributed by atoms with Crippen LogP contribution in [0.5, 0.6) is 0 Å². The first-order chi connectivity index (χ1) is 11.6. The zero-order valence-corrected chi connectivity index (χ0v) is 15.3. The largest absolute Gasteiger partial charge is 0.352 e. The molecule has 0 aromatic heterocycles. The molecule has 2 fully saturated rings. The molecular formula is C19H28ClN3O2. The molecule has 2 saturated carbocycles. The van der Waals surface area contributed by atoms with Crippen molar-refractivity contribution in [2.45, 2.75) is 57.5 Å². The number of amides is 2. The van der Waals surface area contributed by atoms with Crippen LogP contribution in [0.2, 0.25) is 0 Å². The van der Waals surface area contributed by atoms with Crippen LogP contribution >= 0.6 is 12.4 Å². The fraction of sp³-hybridized carbons (Fsp3) is 0.579. The summed E-state index contributed by atoms with van der Waals surface area (Å²) < 4.78 is 0. The summed E-state index contributed by atoms with van der Waals surface area (Å²) in [6.07, 6.45) is 6.89. The first-order valence-electron chi connectivity index (χ1n) is 9.05. The number of nitrogens with one attached hydrogen (secondary N) is 2. The number of nitrogens with two attached hydrogens (primary N) is 1. The van der Waals surface area contributed by atoms with Gasteiger partial charge in [-0.25, -0.2) is 0 Å². The van der Waals surface area contributed by atoms with E-state index in [9.17, 15) is 9.59 Å². The average molecular weight is 366 g/mol. The normalized spacial score (nSPS) is 23.1. The van der Waals surface area contributed by atoms with Crippen LogP contribution in [-0.2, 0) is 16.1 Å². The topological polar surface area (TPSA) is 84.2 Å². The minimum atomic E-state index is 0. The van der Waals surface area contributed by atoms with Gasteiger partial charge >= 0.3 is 0 Å². The van der Waals surface area contributed by atoms with Crippen molar-refractivity contribution < 1.29 is 9.59 Å². The molecule has 0 spiro atoms. The summed E-state index contributed by atoms with van der Waals surface area (Å²) in [6.45, 7) is 0.484. The highest BCUT2D eigenvalue weighted by Gasteiger charge is 2.26. The van der Waals surface area contributed by atoms with Crippen LogP contribution in [0.3, 0.4) is 0 Å². The van der Waals surface area contributed by atoms with E-state index in [0.717, 1.165) is 56.2 Å². The third kappa shape index (κ3) is 5.44. The Morgan fingerprint density at radius 3 is 2.44 bits per heavy atom. The smallest absolute Gasteiger partial charge is 0.227 e. The molecule has 0 radical (unpaired) electrons. The Labute approximate surface area is 155 Å². The molecule has 6 heteroatoms. The number of hydrogen-bond acceptors (Lipinski definition) is 3. The summed E-state index contributed by atoms with van der Waals surface area (Å²) in [5.74, 6) is 0.409. The molecule has 1 aromatic carbocycles. The second kappa shape index (κ2) is 9.20. The van der Waals surface area contributed by atoms with E-state index in [4.69, 9.17) is 5.73 Å². The van der Waals surface area contributed by atoms with Crippen LogP contribution < -0.4 is 16.4 Å². The summed E-state index contributed by atoms with van der Waals surface area (Å²) >= 11 is 0. The zero-order chi connectivity index (χ0) is 16.9. The summed E-state index contributed by atoms with van der Waals surface area (Å²) in [5, 5.41) is 5.98. The van der Waals surface area contributed by atoms with Gasteiger partial charge in [0.05, 0.1) is 0 Å². The van der Waals surface area contributed by atoms with Crippen LogP contribution in [0.15, 0.2) is 24.3 Å². The molecule has 1 aromatic rings.